The van der Waals surface area contributed by atoms with Crippen LogP contribution in [0.4, 0.5) is 0 Å². The molecular formula is C9H11N3O. The zero-order chi connectivity index (χ0) is 9.10. The number of carbonyl (C=O) groups is 1. The van der Waals surface area contributed by atoms with E-state index in [-0.39, 0.29) is 11.9 Å². The van der Waals surface area contributed by atoms with Crippen molar-refractivity contribution >= 4 is 5.91 Å². The Bertz CT molecular complexity index is 299. The maximum absolute atomic E-state index is 11.1. The zero-order valence-corrected chi connectivity index (χ0v) is 7.16. The fraction of sp³-hybridized carbons (Fsp3) is 0.333. The van der Waals surface area contributed by atoms with Crippen LogP contribution in [0.3, 0.4) is 0 Å². The number of rotatable bonds is 1. The summed E-state index contributed by atoms with van der Waals surface area (Å²) in [5.41, 5.74) is 1.09. The van der Waals surface area contributed by atoms with Crippen LogP contribution >= 0.6 is 0 Å². The fourth-order valence-corrected chi connectivity index (χ4v) is 1.42. The van der Waals surface area contributed by atoms with E-state index in [1.54, 1.807) is 12.4 Å². The van der Waals surface area contributed by atoms with Crippen molar-refractivity contribution in [1.82, 2.24) is 15.6 Å². The summed E-state index contributed by atoms with van der Waals surface area (Å²) in [6.45, 7) is 1.21. The van der Waals surface area contributed by atoms with Gasteiger partial charge >= 0.3 is 0 Å². The van der Waals surface area contributed by atoms with Gasteiger partial charge in [0.15, 0.2) is 0 Å². The molecule has 68 valence electrons. The van der Waals surface area contributed by atoms with Gasteiger partial charge in [0, 0.05) is 18.9 Å². The monoisotopic (exact) mass is 177 g/mol. The maximum Gasteiger partial charge on any atom is 0.234 e. The number of amides is 1. The second kappa shape index (κ2) is 3.53. The van der Waals surface area contributed by atoms with Gasteiger partial charge in [-0.15, -0.1) is 0 Å². The molecule has 1 aromatic heterocycles. The van der Waals surface area contributed by atoms with Crippen LogP contribution in [0.5, 0.6) is 0 Å². The van der Waals surface area contributed by atoms with E-state index in [0.29, 0.717) is 6.54 Å². The molecule has 1 saturated heterocycles. The molecule has 1 atom stereocenters. The molecule has 1 fully saturated rings. The number of carbonyl (C=O) groups excluding carboxylic acids is 1. The van der Waals surface area contributed by atoms with Crippen molar-refractivity contribution in [2.24, 2.45) is 0 Å². The van der Waals surface area contributed by atoms with Gasteiger partial charge < -0.3 is 10.6 Å². The summed E-state index contributed by atoms with van der Waals surface area (Å²) >= 11 is 0. The molecule has 1 aliphatic heterocycles. The third-order valence-corrected chi connectivity index (χ3v) is 2.08. The second-order valence-electron chi connectivity index (χ2n) is 3.03. The molecule has 0 saturated carbocycles. The molecule has 1 aromatic rings. The lowest BCUT2D eigenvalue weighted by atomic mass is 10.1. The zero-order valence-electron chi connectivity index (χ0n) is 7.16. The van der Waals surface area contributed by atoms with Gasteiger partial charge in [-0.3, -0.25) is 9.78 Å². The van der Waals surface area contributed by atoms with Gasteiger partial charge in [-0.05, 0) is 17.7 Å². The Hall–Kier alpha value is -1.42. The number of hydrogen-bond donors (Lipinski definition) is 2. The lowest BCUT2D eigenvalue weighted by molar-refractivity contribution is -0.122. The van der Waals surface area contributed by atoms with E-state index in [2.05, 4.69) is 15.6 Å². The smallest absolute Gasteiger partial charge is 0.234 e. The SMILES string of the molecule is O=C1CNCC(c2ccncc2)N1. The lowest BCUT2D eigenvalue weighted by Gasteiger charge is -2.24. The van der Waals surface area contributed by atoms with E-state index in [4.69, 9.17) is 0 Å². The van der Waals surface area contributed by atoms with Crippen LogP contribution in [0.25, 0.3) is 0 Å². The van der Waals surface area contributed by atoms with Crippen LogP contribution in [-0.4, -0.2) is 24.0 Å². The van der Waals surface area contributed by atoms with E-state index < -0.39 is 0 Å². The third kappa shape index (κ3) is 1.84. The first-order valence-corrected chi connectivity index (χ1v) is 4.26. The largest absolute Gasteiger partial charge is 0.347 e. The second-order valence-corrected chi connectivity index (χ2v) is 3.03. The normalized spacial score (nSPS) is 22.5. The highest BCUT2D eigenvalue weighted by Gasteiger charge is 2.18. The van der Waals surface area contributed by atoms with E-state index in [1.807, 2.05) is 12.1 Å². The number of nitrogens with one attached hydrogen (secondary N) is 2. The van der Waals surface area contributed by atoms with E-state index in [9.17, 15) is 4.79 Å². The predicted octanol–water partition coefficient (Wildman–Crippen LogP) is -0.158. The molecule has 1 amide bonds. The first kappa shape index (κ1) is 8.19. The molecule has 0 spiro atoms. The molecule has 4 heteroatoms. The van der Waals surface area contributed by atoms with Crippen molar-refractivity contribution in [3.05, 3.63) is 30.1 Å². The van der Waals surface area contributed by atoms with Crippen LogP contribution < -0.4 is 10.6 Å². The van der Waals surface area contributed by atoms with Gasteiger partial charge in [-0.25, -0.2) is 0 Å². The first-order valence-electron chi connectivity index (χ1n) is 4.26. The number of hydrogen-bond acceptors (Lipinski definition) is 3. The molecule has 1 aliphatic rings. The Morgan fingerprint density at radius 1 is 1.38 bits per heavy atom. The summed E-state index contributed by atoms with van der Waals surface area (Å²) in [7, 11) is 0. The molecule has 0 aliphatic carbocycles. The Kier molecular flexibility index (Phi) is 2.23. The lowest BCUT2D eigenvalue weighted by Crippen LogP contribution is -2.46. The van der Waals surface area contributed by atoms with Gasteiger partial charge in [-0.1, -0.05) is 0 Å². The van der Waals surface area contributed by atoms with Crippen molar-refractivity contribution in [2.45, 2.75) is 6.04 Å². The minimum atomic E-state index is 0.0491. The summed E-state index contributed by atoms with van der Waals surface area (Å²) < 4.78 is 0. The number of aromatic nitrogens is 1. The van der Waals surface area contributed by atoms with E-state index in [1.165, 1.54) is 0 Å². The highest BCUT2D eigenvalue weighted by atomic mass is 16.2. The highest BCUT2D eigenvalue weighted by Crippen LogP contribution is 2.11. The van der Waals surface area contributed by atoms with Crippen LogP contribution in [0.15, 0.2) is 24.5 Å². The minimum absolute atomic E-state index is 0.0491. The van der Waals surface area contributed by atoms with Crippen molar-refractivity contribution in [3.63, 3.8) is 0 Å². The highest BCUT2D eigenvalue weighted by molar-refractivity contribution is 5.79. The van der Waals surface area contributed by atoms with Crippen molar-refractivity contribution < 1.29 is 4.79 Å². The van der Waals surface area contributed by atoms with E-state index in [0.717, 1.165) is 12.1 Å². The van der Waals surface area contributed by atoms with Gasteiger partial charge in [-0.2, -0.15) is 0 Å². The predicted molar refractivity (Wildman–Crippen MR) is 48.0 cm³/mol. The molecule has 0 radical (unpaired) electrons. The van der Waals surface area contributed by atoms with Gasteiger partial charge in [0.1, 0.15) is 0 Å². The molecule has 2 heterocycles. The molecule has 0 bridgehead atoms. The van der Waals surface area contributed by atoms with Gasteiger partial charge in [0.05, 0.1) is 12.6 Å². The molecule has 1 unspecified atom stereocenters. The average Bonchev–Trinajstić information content (AvgIpc) is 2.19. The first-order chi connectivity index (χ1) is 6.36. The van der Waals surface area contributed by atoms with Gasteiger partial charge in [0.2, 0.25) is 5.91 Å². The standard InChI is InChI=1S/C9H11N3O/c13-9-6-11-5-8(12-9)7-1-3-10-4-2-7/h1-4,8,11H,5-6H2,(H,12,13). The van der Waals surface area contributed by atoms with Crippen LogP contribution in [-0.2, 0) is 4.79 Å². The van der Waals surface area contributed by atoms with Crippen molar-refractivity contribution in [2.75, 3.05) is 13.1 Å². The number of pyridine rings is 1. The Morgan fingerprint density at radius 3 is 2.85 bits per heavy atom. The topological polar surface area (TPSA) is 54.0 Å². The Morgan fingerprint density at radius 2 is 2.15 bits per heavy atom. The van der Waals surface area contributed by atoms with Crippen LogP contribution in [0.1, 0.15) is 11.6 Å². The summed E-state index contributed by atoms with van der Waals surface area (Å²) in [4.78, 5) is 15.0. The minimum Gasteiger partial charge on any atom is -0.347 e. The third-order valence-electron chi connectivity index (χ3n) is 2.08. The van der Waals surface area contributed by atoms with Gasteiger partial charge in [0.25, 0.3) is 0 Å². The van der Waals surface area contributed by atoms with Crippen LogP contribution in [0, 0.1) is 0 Å². The molecule has 13 heavy (non-hydrogen) atoms. The van der Waals surface area contributed by atoms with Crippen LogP contribution in [0.2, 0.25) is 0 Å². The Balaban J connectivity index is 2.13. The number of piperazine rings is 1. The molecule has 2 N–H and O–H groups in total. The summed E-state index contributed by atoms with van der Waals surface area (Å²) in [6, 6.07) is 3.92. The van der Waals surface area contributed by atoms with Crippen molar-refractivity contribution in [3.8, 4) is 0 Å². The quantitative estimate of drug-likeness (QED) is 0.627. The molecular weight excluding hydrogens is 166 g/mol. The molecule has 0 aromatic carbocycles. The molecule has 2 rings (SSSR count). The molecule has 4 nitrogen and oxygen atoms in total. The summed E-state index contributed by atoms with van der Waals surface area (Å²) in [6.07, 6.45) is 3.46. The fourth-order valence-electron chi connectivity index (χ4n) is 1.42. The average molecular weight is 177 g/mol. The van der Waals surface area contributed by atoms with Crippen molar-refractivity contribution in [1.29, 1.82) is 0 Å². The summed E-state index contributed by atoms with van der Waals surface area (Å²) in [5, 5.41) is 5.95. The van der Waals surface area contributed by atoms with E-state index >= 15 is 0 Å². The number of nitrogens with zero attached hydrogens (tertiary/aromatic N) is 1. The maximum atomic E-state index is 11.1. The summed E-state index contributed by atoms with van der Waals surface area (Å²) in [5.74, 6) is 0.0491. The Labute approximate surface area is 76.4 Å².